The minimum atomic E-state index is -0.649. The first-order valence-corrected chi connectivity index (χ1v) is 5.42. The Morgan fingerprint density at radius 1 is 1.56 bits per heavy atom. The van der Waals surface area contributed by atoms with Crippen molar-refractivity contribution in [2.24, 2.45) is 0 Å². The topological polar surface area (TPSA) is 91.2 Å². The highest BCUT2D eigenvalue weighted by Gasteiger charge is 2.15. The van der Waals surface area contributed by atoms with Gasteiger partial charge < -0.3 is 15.4 Å². The summed E-state index contributed by atoms with van der Waals surface area (Å²) in [4.78, 5) is 21.9. The van der Waals surface area contributed by atoms with Crippen molar-refractivity contribution in [3.05, 3.63) is 23.8 Å². The highest BCUT2D eigenvalue weighted by molar-refractivity contribution is 5.95. The molecule has 1 aliphatic heterocycles. The van der Waals surface area contributed by atoms with Gasteiger partial charge in [0, 0.05) is 6.54 Å². The van der Waals surface area contributed by atoms with Gasteiger partial charge in [-0.2, -0.15) is 5.26 Å². The molecule has 6 nitrogen and oxygen atoms in total. The van der Waals surface area contributed by atoms with Crippen LogP contribution >= 0.6 is 0 Å². The molecule has 2 N–H and O–H groups in total. The number of amides is 2. The van der Waals surface area contributed by atoms with Crippen LogP contribution in [0.15, 0.2) is 18.2 Å². The van der Waals surface area contributed by atoms with Gasteiger partial charge in [0.15, 0.2) is 12.7 Å². The number of ether oxygens (including phenoxy) is 1. The average molecular weight is 245 g/mol. The van der Waals surface area contributed by atoms with E-state index in [1.807, 2.05) is 6.07 Å². The number of hydrogen-bond acceptors (Lipinski definition) is 4. The van der Waals surface area contributed by atoms with Crippen molar-refractivity contribution in [1.29, 1.82) is 5.26 Å². The molecule has 0 radical (unpaired) electrons. The molecule has 0 atom stereocenters. The lowest BCUT2D eigenvalue weighted by Crippen LogP contribution is -2.26. The largest absolute Gasteiger partial charge is 0.482 e. The molecular weight excluding hydrogens is 234 g/mol. The van der Waals surface area contributed by atoms with Crippen LogP contribution in [0.5, 0.6) is 5.75 Å². The molecule has 1 aliphatic rings. The van der Waals surface area contributed by atoms with Gasteiger partial charge in [0.2, 0.25) is 0 Å². The Bertz CT molecular complexity index is 534. The summed E-state index contributed by atoms with van der Waals surface area (Å²) in [5.74, 6) is -0.193. The third kappa shape index (κ3) is 2.77. The second kappa shape index (κ2) is 5.19. The molecule has 0 aliphatic carbocycles. The van der Waals surface area contributed by atoms with Gasteiger partial charge in [-0.05, 0) is 24.1 Å². The van der Waals surface area contributed by atoms with E-state index in [0.29, 0.717) is 24.4 Å². The second-order valence-electron chi connectivity index (χ2n) is 3.79. The number of fused-ring (bicyclic) bond motifs is 1. The first-order valence-electron chi connectivity index (χ1n) is 5.42. The minimum Gasteiger partial charge on any atom is -0.482 e. The number of benzene rings is 1. The molecule has 0 spiro atoms. The van der Waals surface area contributed by atoms with Gasteiger partial charge >= 0.3 is 5.91 Å². The van der Waals surface area contributed by atoms with Gasteiger partial charge in [-0.15, -0.1) is 0 Å². The number of nitrogens with zero attached hydrogens (tertiary/aromatic N) is 1. The highest BCUT2D eigenvalue weighted by atomic mass is 16.5. The molecule has 0 aromatic heterocycles. The van der Waals surface area contributed by atoms with Crippen LogP contribution in [0.3, 0.4) is 0 Å². The van der Waals surface area contributed by atoms with Gasteiger partial charge in [-0.1, -0.05) is 6.07 Å². The lowest BCUT2D eigenvalue weighted by molar-refractivity contribution is -0.118. The van der Waals surface area contributed by atoms with Crippen LogP contribution in [0.4, 0.5) is 5.69 Å². The normalized spacial score (nSPS) is 12.7. The molecule has 0 fully saturated rings. The van der Waals surface area contributed by atoms with Gasteiger partial charge in [-0.25, -0.2) is 0 Å². The molecule has 0 saturated carbocycles. The fourth-order valence-electron chi connectivity index (χ4n) is 1.65. The molecule has 0 saturated heterocycles. The van der Waals surface area contributed by atoms with Crippen LogP contribution < -0.4 is 15.4 Å². The fraction of sp³-hybridized carbons (Fsp3) is 0.250. The van der Waals surface area contributed by atoms with Crippen molar-refractivity contribution in [3.63, 3.8) is 0 Å². The van der Waals surface area contributed by atoms with Crippen molar-refractivity contribution < 1.29 is 14.3 Å². The molecule has 1 heterocycles. The second-order valence-corrected chi connectivity index (χ2v) is 3.79. The quantitative estimate of drug-likeness (QED) is 0.744. The zero-order valence-electron chi connectivity index (χ0n) is 9.53. The number of nitrogens with one attached hydrogen (secondary N) is 2. The first-order chi connectivity index (χ1) is 8.69. The van der Waals surface area contributed by atoms with Gasteiger partial charge in [0.1, 0.15) is 5.75 Å². The predicted octanol–water partition coefficient (Wildman–Crippen LogP) is 0.200. The summed E-state index contributed by atoms with van der Waals surface area (Å²) in [5, 5.41) is 13.5. The monoisotopic (exact) mass is 245 g/mol. The van der Waals surface area contributed by atoms with E-state index in [2.05, 4.69) is 10.6 Å². The Morgan fingerprint density at radius 3 is 3.17 bits per heavy atom. The zero-order valence-corrected chi connectivity index (χ0v) is 9.53. The SMILES string of the molecule is N#CC(=O)NCCc1ccc2c(c1)NC(=O)CO2. The van der Waals surface area contributed by atoms with Gasteiger partial charge in [0.25, 0.3) is 5.91 Å². The summed E-state index contributed by atoms with van der Waals surface area (Å²) in [6, 6.07) is 6.91. The number of hydrogen-bond donors (Lipinski definition) is 2. The fourth-order valence-corrected chi connectivity index (χ4v) is 1.65. The van der Waals surface area contributed by atoms with Crippen LogP contribution in [0.2, 0.25) is 0 Å². The van der Waals surface area contributed by atoms with Crippen molar-refractivity contribution >= 4 is 17.5 Å². The van der Waals surface area contributed by atoms with Crippen LogP contribution in [0.1, 0.15) is 5.56 Å². The number of nitriles is 1. The van der Waals surface area contributed by atoms with Crippen LogP contribution in [0.25, 0.3) is 0 Å². The van der Waals surface area contributed by atoms with E-state index < -0.39 is 5.91 Å². The Balaban J connectivity index is 1.98. The van der Waals surface area contributed by atoms with Crippen molar-refractivity contribution in [1.82, 2.24) is 5.32 Å². The van der Waals surface area contributed by atoms with Crippen LogP contribution in [0, 0.1) is 11.3 Å². The average Bonchev–Trinajstić information content (AvgIpc) is 2.38. The summed E-state index contributed by atoms with van der Waals surface area (Å²) in [6.07, 6.45) is 0.580. The predicted molar refractivity (Wildman–Crippen MR) is 62.9 cm³/mol. The van der Waals surface area contributed by atoms with E-state index in [1.165, 1.54) is 6.07 Å². The summed E-state index contributed by atoms with van der Waals surface area (Å²) in [5.41, 5.74) is 1.58. The molecule has 0 bridgehead atoms. The Morgan fingerprint density at radius 2 is 2.39 bits per heavy atom. The minimum absolute atomic E-state index is 0.0323. The number of rotatable bonds is 3. The number of carbonyl (C=O) groups is 2. The first kappa shape index (κ1) is 11.9. The summed E-state index contributed by atoms with van der Waals surface area (Å²) < 4.78 is 5.23. The van der Waals surface area contributed by atoms with E-state index >= 15 is 0 Å². The lowest BCUT2D eigenvalue weighted by Gasteiger charge is -2.18. The lowest BCUT2D eigenvalue weighted by atomic mass is 10.1. The van der Waals surface area contributed by atoms with Gasteiger partial charge in [0.05, 0.1) is 5.69 Å². The standard InChI is InChI=1S/C12H11N3O3/c13-6-11(16)14-4-3-8-1-2-10-9(5-8)15-12(17)7-18-10/h1-2,5H,3-4,7H2,(H,14,16)(H,15,17). The van der Waals surface area contributed by atoms with Crippen molar-refractivity contribution in [2.75, 3.05) is 18.5 Å². The highest BCUT2D eigenvalue weighted by Crippen LogP contribution is 2.28. The maximum absolute atomic E-state index is 11.2. The maximum Gasteiger partial charge on any atom is 0.322 e. The molecule has 2 amide bonds. The smallest absolute Gasteiger partial charge is 0.322 e. The summed E-state index contributed by atoms with van der Waals surface area (Å²) in [7, 11) is 0. The Kier molecular flexibility index (Phi) is 3.44. The van der Waals surface area contributed by atoms with Crippen molar-refractivity contribution in [3.8, 4) is 11.8 Å². The molecule has 92 valence electrons. The summed E-state index contributed by atoms with van der Waals surface area (Å²) >= 11 is 0. The van der Waals surface area contributed by atoms with Gasteiger partial charge in [-0.3, -0.25) is 9.59 Å². The number of carbonyl (C=O) groups excluding carboxylic acids is 2. The van der Waals surface area contributed by atoms with E-state index in [1.54, 1.807) is 12.1 Å². The van der Waals surface area contributed by atoms with E-state index in [4.69, 9.17) is 10.00 Å². The van der Waals surface area contributed by atoms with E-state index in [0.717, 1.165) is 5.56 Å². The molecule has 6 heteroatoms. The number of anilines is 1. The summed E-state index contributed by atoms with van der Waals surface area (Å²) in [6.45, 7) is 0.407. The third-order valence-electron chi connectivity index (χ3n) is 2.48. The molecule has 2 rings (SSSR count). The van der Waals surface area contributed by atoms with E-state index in [-0.39, 0.29) is 12.5 Å². The molecular formula is C12H11N3O3. The molecule has 1 aromatic carbocycles. The van der Waals surface area contributed by atoms with Crippen molar-refractivity contribution in [2.45, 2.75) is 6.42 Å². The Labute approximate surface area is 104 Å². The molecule has 18 heavy (non-hydrogen) atoms. The van der Waals surface area contributed by atoms with Crippen LogP contribution in [-0.4, -0.2) is 25.0 Å². The van der Waals surface area contributed by atoms with E-state index in [9.17, 15) is 9.59 Å². The maximum atomic E-state index is 11.2. The Hall–Kier alpha value is -2.55. The molecule has 1 aromatic rings. The molecule has 0 unspecified atom stereocenters. The zero-order chi connectivity index (χ0) is 13.0. The van der Waals surface area contributed by atoms with Crippen LogP contribution in [-0.2, 0) is 16.0 Å². The third-order valence-corrected chi connectivity index (χ3v) is 2.48.